The van der Waals surface area contributed by atoms with Crippen molar-refractivity contribution in [2.75, 3.05) is 27.2 Å². The van der Waals surface area contributed by atoms with Gasteiger partial charge < -0.3 is 9.80 Å². The van der Waals surface area contributed by atoms with Gasteiger partial charge >= 0.3 is 0 Å². The van der Waals surface area contributed by atoms with E-state index in [1.807, 2.05) is 19.0 Å². The van der Waals surface area contributed by atoms with Gasteiger partial charge in [-0.05, 0) is 45.5 Å². The molecule has 2 aliphatic heterocycles. The van der Waals surface area contributed by atoms with E-state index in [2.05, 4.69) is 21.5 Å². The number of rotatable bonds is 6. The molecular formula is C20H30N4O3S. The van der Waals surface area contributed by atoms with Gasteiger partial charge in [0, 0.05) is 24.7 Å². The summed E-state index contributed by atoms with van der Waals surface area (Å²) >= 11 is 0. The molecule has 1 aromatic rings. The first-order valence-electron chi connectivity index (χ1n) is 9.98. The van der Waals surface area contributed by atoms with E-state index in [9.17, 15) is 13.2 Å². The highest BCUT2D eigenvalue weighted by Crippen LogP contribution is 2.24. The van der Waals surface area contributed by atoms with Crippen molar-refractivity contribution in [2.24, 2.45) is 4.99 Å². The summed E-state index contributed by atoms with van der Waals surface area (Å²) in [6.45, 7) is 3.51. The van der Waals surface area contributed by atoms with Gasteiger partial charge in [-0.25, -0.2) is 8.42 Å². The molecule has 0 radical (unpaired) electrons. The van der Waals surface area contributed by atoms with Crippen molar-refractivity contribution in [1.29, 1.82) is 0 Å². The number of aliphatic imine (C=N–C) groups is 1. The number of amides is 1. The van der Waals surface area contributed by atoms with Crippen LogP contribution in [-0.2, 0) is 14.8 Å². The third kappa shape index (κ3) is 4.38. The second-order valence-corrected chi connectivity index (χ2v) is 9.43. The first-order valence-corrected chi connectivity index (χ1v) is 11.5. The minimum absolute atomic E-state index is 0.00363. The Labute approximate surface area is 167 Å². The molecule has 1 saturated heterocycles. The van der Waals surface area contributed by atoms with E-state index in [1.165, 1.54) is 0 Å². The summed E-state index contributed by atoms with van der Waals surface area (Å²) in [7, 11) is 0.475. The van der Waals surface area contributed by atoms with Crippen molar-refractivity contribution < 1.29 is 13.2 Å². The van der Waals surface area contributed by atoms with Gasteiger partial charge in [-0.1, -0.05) is 31.9 Å². The van der Waals surface area contributed by atoms with Gasteiger partial charge in [-0.3, -0.25) is 14.5 Å². The lowest BCUT2D eigenvalue weighted by Gasteiger charge is -2.37. The smallest absolute Gasteiger partial charge is 0.263 e. The molecule has 2 atom stereocenters. The van der Waals surface area contributed by atoms with Gasteiger partial charge in [-0.2, -0.15) is 0 Å². The number of fused-ring (bicyclic) bond motifs is 1. The average molecular weight is 407 g/mol. The second kappa shape index (κ2) is 8.61. The van der Waals surface area contributed by atoms with Crippen LogP contribution >= 0.6 is 0 Å². The summed E-state index contributed by atoms with van der Waals surface area (Å²) in [6.07, 6.45) is 4.49. The van der Waals surface area contributed by atoms with Crippen molar-refractivity contribution in [3.8, 4) is 0 Å². The monoisotopic (exact) mass is 406 g/mol. The third-order valence-corrected chi connectivity index (χ3v) is 6.90. The number of hydrogen-bond donors (Lipinski definition) is 1. The van der Waals surface area contributed by atoms with Crippen LogP contribution in [-0.4, -0.2) is 69.2 Å². The highest BCUT2D eigenvalue weighted by Gasteiger charge is 2.34. The van der Waals surface area contributed by atoms with E-state index in [1.54, 1.807) is 24.3 Å². The SMILES string of the molecule is CCCCC(N=C1NS(=O)(=O)c2ccccc21)C(=O)N1CCCC(N(C)C)C1. The second-order valence-electron chi connectivity index (χ2n) is 7.78. The lowest BCUT2D eigenvalue weighted by molar-refractivity contribution is -0.134. The summed E-state index contributed by atoms with van der Waals surface area (Å²) in [5.74, 6) is 0.280. The molecule has 1 amide bonds. The summed E-state index contributed by atoms with van der Waals surface area (Å²) < 4.78 is 27.2. The summed E-state index contributed by atoms with van der Waals surface area (Å²) in [5.41, 5.74) is 0.543. The zero-order valence-electron chi connectivity index (χ0n) is 16.9. The number of nitrogens with one attached hydrogen (secondary N) is 1. The molecule has 3 rings (SSSR count). The number of piperidine rings is 1. The molecular weight excluding hydrogens is 376 g/mol. The Kier molecular flexibility index (Phi) is 6.40. The maximum Gasteiger partial charge on any atom is 0.263 e. The van der Waals surface area contributed by atoms with Gasteiger partial charge in [-0.15, -0.1) is 0 Å². The normalized spacial score (nSPS) is 23.5. The molecule has 1 fully saturated rings. The first kappa shape index (κ1) is 20.8. The van der Waals surface area contributed by atoms with Crippen molar-refractivity contribution >= 4 is 21.8 Å². The van der Waals surface area contributed by atoms with E-state index in [0.717, 1.165) is 32.2 Å². The van der Waals surface area contributed by atoms with Gasteiger partial charge in [0.1, 0.15) is 11.9 Å². The van der Waals surface area contributed by atoms with Gasteiger partial charge in [0.15, 0.2) is 0 Å². The van der Waals surface area contributed by atoms with Crippen LogP contribution in [0.1, 0.15) is 44.6 Å². The van der Waals surface area contributed by atoms with Crippen LogP contribution in [0.25, 0.3) is 0 Å². The van der Waals surface area contributed by atoms with Gasteiger partial charge in [0.25, 0.3) is 10.0 Å². The molecule has 1 aromatic carbocycles. The molecule has 2 aliphatic rings. The van der Waals surface area contributed by atoms with Crippen LogP contribution < -0.4 is 4.72 Å². The van der Waals surface area contributed by atoms with Gasteiger partial charge in [0.05, 0.1) is 4.90 Å². The predicted octanol–water partition coefficient (Wildman–Crippen LogP) is 1.84. The zero-order chi connectivity index (χ0) is 20.3. The minimum atomic E-state index is -3.60. The van der Waals surface area contributed by atoms with Gasteiger partial charge in [0.2, 0.25) is 5.91 Å². The van der Waals surface area contributed by atoms with Crippen LogP contribution in [0.3, 0.4) is 0 Å². The van der Waals surface area contributed by atoms with Crippen molar-refractivity contribution in [2.45, 2.75) is 56.0 Å². The predicted molar refractivity (Wildman–Crippen MR) is 110 cm³/mol. The number of unbranched alkanes of at least 4 members (excludes halogenated alkanes) is 1. The van der Waals surface area contributed by atoms with Crippen molar-refractivity contribution in [1.82, 2.24) is 14.5 Å². The number of carbonyl (C=O) groups is 1. The number of nitrogens with zero attached hydrogens (tertiary/aromatic N) is 3. The van der Waals surface area contributed by atoms with Crippen LogP contribution in [0.5, 0.6) is 0 Å². The lowest BCUT2D eigenvalue weighted by atomic mass is 10.0. The molecule has 0 bridgehead atoms. The topological polar surface area (TPSA) is 82.1 Å². The molecule has 0 saturated carbocycles. The number of sulfonamides is 1. The number of likely N-dealkylation sites (N-methyl/N-ethyl adjacent to an activating group) is 1. The molecule has 8 heteroatoms. The molecule has 0 aliphatic carbocycles. The van der Waals surface area contributed by atoms with Crippen molar-refractivity contribution in [3.63, 3.8) is 0 Å². The summed E-state index contributed by atoms with van der Waals surface area (Å²) in [6, 6.07) is 6.56. The van der Waals surface area contributed by atoms with E-state index >= 15 is 0 Å². The summed E-state index contributed by atoms with van der Waals surface area (Å²) in [4.78, 5) is 22.2. The number of benzene rings is 1. The van der Waals surface area contributed by atoms with E-state index < -0.39 is 16.1 Å². The third-order valence-electron chi connectivity index (χ3n) is 5.50. The Hall–Kier alpha value is -1.93. The Morgan fingerprint density at radius 1 is 1.36 bits per heavy atom. The molecule has 7 nitrogen and oxygen atoms in total. The Bertz CT molecular complexity index is 851. The number of likely N-dealkylation sites (tertiary alicyclic amines) is 1. The minimum Gasteiger partial charge on any atom is -0.339 e. The molecule has 2 unspecified atom stereocenters. The highest BCUT2D eigenvalue weighted by molar-refractivity contribution is 7.90. The molecule has 0 spiro atoms. The molecule has 0 aromatic heterocycles. The first-order chi connectivity index (χ1) is 13.3. The number of amidine groups is 1. The standard InChI is InChI=1S/C20H30N4O3S/c1-4-5-11-17(20(25)24-13-8-9-15(14-24)23(2)3)21-19-16-10-6-7-12-18(16)28(26,27)22-19/h6-7,10,12,15,17H,4-5,8-9,11,13-14H2,1-3H3,(H,21,22). The fourth-order valence-corrected chi connectivity index (χ4v) is 5.05. The molecule has 154 valence electrons. The molecule has 1 N–H and O–H groups in total. The highest BCUT2D eigenvalue weighted by atomic mass is 32.2. The molecule has 2 heterocycles. The fourth-order valence-electron chi connectivity index (χ4n) is 3.81. The fraction of sp³-hybridized carbons (Fsp3) is 0.600. The Morgan fingerprint density at radius 2 is 2.11 bits per heavy atom. The van der Waals surface area contributed by atoms with Crippen LogP contribution in [0, 0.1) is 0 Å². The maximum atomic E-state index is 13.3. The van der Waals surface area contributed by atoms with E-state index in [-0.39, 0.29) is 16.6 Å². The largest absolute Gasteiger partial charge is 0.339 e. The number of hydrogen-bond acceptors (Lipinski definition) is 5. The Morgan fingerprint density at radius 3 is 2.82 bits per heavy atom. The average Bonchev–Trinajstić information content (AvgIpc) is 2.95. The van der Waals surface area contributed by atoms with Crippen LogP contribution in [0.15, 0.2) is 34.2 Å². The van der Waals surface area contributed by atoms with Crippen LogP contribution in [0.2, 0.25) is 0 Å². The Balaban J connectivity index is 1.87. The summed E-state index contributed by atoms with van der Waals surface area (Å²) in [5, 5.41) is 0. The number of carbonyl (C=O) groups excluding carboxylic acids is 1. The zero-order valence-corrected chi connectivity index (χ0v) is 17.7. The van der Waals surface area contributed by atoms with Crippen molar-refractivity contribution in [3.05, 3.63) is 29.8 Å². The quantitative estimate of drug-likeness (QED) is 0.781. The lowest BCUT2D eigenvalue weighted by Crippen LogP contribution is -2.50. The molecule has 28 heavy (non-hydrogen) atoms. The van der Waals surface area contributed by atoms with E-state index in [4.69, 9.17) is 0 Å². The van der Waals surface area contributed by atoms with Crippen LogP contribution in [0.4, 0.5) is 0 Å². The maximum absolute atomic E-state index is 13.3. The van der Waals surface area contributed by atoms with E-state index in [0.29, 0.717) is 24.6 Å².